The van der Waals surface area contributed by atoms with Crippen LogP contribution in [0.15, 0.2) is 0 Å². The van der Waals surface area contributed by atoms with Crippen molar-refractivity contribution >= 4 is 61.7 Å². The Morgan fingerprint density at radius 3 is 1.71 bits per heavy atom. The zero-order valence-electron chi connectivity index (χ0n) is 12.2. The Hall–Kier alpha value is 1.42. The molecule has 24 heavy (non-hydrogen) atoms. The quantitative estimate of drug-likeness (QED) is 0.172. The lowest BCUT2D eigenvalue weighted by Crippen LogP contribution is -2.11. The van der Waals surface area contributed by atoms with Gasteiger partial charge in [0.25, 0.3) is 0 Å². The molecule has 0 aliphatic rings. The monoisotopic (exact) mass is 630 g/mol. The van der Waals surface area contributed by atoms with Crippen molar-refractivity contribution in [2.24, 2.45) is 0 Å². The Morgan fingerprint density at radius 2 is 1.38 bits per heavy atom. The molecule has 0 fully saturated rings. The summed E-state index contributed by atoms with van der Waals surface area (Å²) >= 11 is 2.28. The fourth-order valence-corrected chi connectivity index (χ4v) is 1.86. The summed E-state index contributed by atoms with van der Waals surface area (Å²) in [6, 6.07) is 0. The Labute approximate surface area is 164 Å². The third-order valence-electron chi connectivity index (χ3n) is 1.62. The van der Waals surface area contributed by atoms with Crippen LogP contribution in [0.3, 0.4) is 0 Å². The van der Waals surface area contributed by atoms with E-state index in [1.807, 2.05) is 0 Å². The number of ether oxygens (including phenoxy) is 3. The first-order chi connectivity index (χ1) is 11.3. The normalized spacial score (nSPS) is 15.9. The zero-order valence-corrected chi connectivity index (χ0v) is 18.3. The van der Waals surface area contributed by atoms with Gasteiger partial charge < -0.3 is 19.1 Å². The van der Waals surface area contributed by atoms with Crippen molar-refractivity contribution in [3.05, 3.63) is 0 Å². The first-order valence-electron chi connectivity index (χ1n) is 5.74. The van der Waals surface area contributed by atoms with Crippen molar-refractivity contribution in [3.63, 3.8) is 0 Å². The van der Waals surface area contributed by atoms with Gasteiger partial charge in [0.1, 0.15) is 46.0 Å². The van der Waals surface area contributed by atoms with Crippen molar-refractivity contribution in [2.45, 2.75) is 0 Å². The van der Waals surface area contributed by atoms with Gasteiger partial charge in [0.05, 0.1) is 39.6 Å². The lowest BCUT2D eigenvalue weighted by atomic mass is 10.7. The van der Waals surface area contributed by atoms with Crippen molar-refractivity contribution in [2.75, 3.05) is 46.8 Å². The molecule has 0 bridgehead atoms. The van der Waals surface area contributed by atoms with Crippen LogP contribution in [0.4, 0.5) is 9.05 Å². The predicted molar refractivity (Wildman–Crippen MR) is 91.5 cm³/mol. The molecule has 11 nitrogen and oxygen atoms in total. The maximum atomic E-state index is 11.7. The average Bonchev–Trinajstić information content (AvgIpc) is 2.60. The molecule has 0 saturated heterocycles. The number of hydrogen-bond acceptors (Lipinski definition) is 10. The van der Waals surface area contributed by atoms with Crippen LogP contribution in [0, 0.1) is 0 Å². The van der Waals surface area contributed by atoms with Crippen molar-refractivity contribution < 1.29 is 57.0 Å². The number of halogens is 4. The molecule has 0 radical (unpaired) electrons. The minimum absolute atomic E-state index is 0.109. The minimum Gasteiger partial charge on any atom is -0.382 e. The van der Waals surface area contributed by atoms with E-state index in [1.165, 1.54) is 23.0 Å². The molecule has 0 aliphatic heterocycles. The van der Waals surface area contributed by atoms with Crippen LogP contribution in [0.1, 0.15) is 0 Å². The molecule has 0 aromatic carbocycles. The average molecular weight is 630 g/mol. The van der Waals surface area contributed by atoms with Crippen LogP contribution < -0.4 is 0 Å². The maximum Gasteiger partial charge on any atom is 0.515 e. The first kappa shape index (κ1) is 27.6. The second kappa shape index (κ2) is 17.8. The van der Waals surface area contributed by atoms with Crippen molar-refractivity contribution in [1.29, 1.82) is 0 Å². The van der Waals surface area contributed by atoms with E-state index >= 15 is 0 Å². The largest absolute Gasteiger partial charge is 0.515 e. The molecule has 2 atom stereocenters. The number of phosphoric acid groups is 2. The van der Waals surface area contributed by atoms with Gasteiger partial charge in [-0.05, 0) is 9.05 Å². The Balaban J connectivity index is 0. The fourth-order valence-electron chi connectivity index (χ4n) is 0.733. The van der Waals surface area contributed by atoms with Crippen LogP contribution >= 0.6 is 61.7 Å². The van der Waals surface area contributed by atoms with Crippen LogP contribution in [-0.2, 0) is 43.0 Å². The summed E-state index contributed by atoms with van der Waals surface area (Å²) in [5, 5.41) is 0. The maximum absolute atomic E-state index is 11.7. The molecule has 0 saturated carbocycles. The number of methoxy groups -OCH3 is 1. The lowest BCUT2D eigenvalue weighted by Gasteiger charge is -2.09. The van der Waals surface area contributed by atoms with E-state index in [0.29, 0.717) is 26.4 Å². The molecular weight excluding hydrogens is 614 g/mol. The SMILES string of the molecule is COCCOCCOCCOP(=O)(OF)OI.O=P(O)(OF)OI. The molecule has 17 heteroatoms. The Morgan fingerprint density at radius 1 is 0.875 bits per heavy atom. The van der Waals surface area contributed by atoms with Gasteiger partial charge >= 0.3 is 15.6 Å². The lowest BCUT2D eigenvalue weighted by molar-refractivity contribution is -0.0465. The first-order valence-corrected chi connectivity index (χ1v) is 10.5. The van der Waals surface area contributed by atoms with Crippen LogP contribution in [0.5, 0.6) is 0 Å². The smallest absolute Gasteiger partial charge is 0.382 e. The molecule has 0 spiro atoms. The van der Waals surface area contributed by atoms with Gasteiger partial charge in [-0.25, -0.2) is 14.8 Å². The fraction of sp³-hybridized carbons (Fsp3) is 1.00. The van der Waals surface area contributed by atoms with Gasteiger partial charge in [-0.2, -0.15) is 0 Å². The highest BCUT2D eigenvalue weighted by molar-refractivity contribution is 14.1. The highest BCUT2D eigenvalue weighted by Crippen LogP contribution is 2.51. The number of rotatable bonds is 14. The highest BCUT2D eigenvalue weighted by Gasteiger charge is 2.27. The number of hydrogen-bond donors (Lipinski definition) is 1. The molecule has 0 aromatic rings. The highest BCUT2D eigenvalue weighted by atomic mass is 127. The summed E-state index contributed by atoms with van der Waals surface area (Å²) in [5.74, 6) is 0. The van der Waals surface area contributed by atoms with Gasteiger partial charge in [-0.15, -0.1) is 0 Å². The minimum atomic E-state index is -4.33. The molecule has 0 heterocycles. The van der Waals surface area contributed by atoms with Gasteiger partial charge in [-0.1, -0.05) is 9.46 Å². The van der Waals surface area contributed by atoms with E-state index in [4.69, 9.17) is 19.1 Å². The summed E-state index contributed by atoms with van der Waals surface area (Å²) in [6.07, 6.45) is 0. The topological polar surface area (TPSA) is 128 Å². The van der Waals surface area contributed by atoms with E-state index in [2.05, 4.69) is 19.7 Å². The van der Waals surface area contributed by atoms with Gasteiger partial charge in [0.2, 0.25) is 0 Å². The van der Waals surface area contributed by atoms with Crippen LogP contribution in [0.25, 0.3) is 0 Å². The molecule has 0 rings (SSSR count). The molecular formula is C7H16F2I2O11P2. The molecule has 1 N–H and O–H groups in total. The Bertz CT molecular complexity index is 364. The predicted octanol–water partition coefficient (Wildman–Crippen LogP) is 3.41. The third kappa shape index (κ3) is 18.2. The van der Waals surface area contributed by atoms with Crippen molar-refractivity contribution in [3.8, 4) is 0 Å². The second-order valence-corrected chi connectivity index (χ2v) is 8.25. The molecule has 0 aliphatic carbocycles. The summed E-state index contributed by atoms with van der Waals surface area (Å²) in [7, 11) is -6.81. The van der Waals surface area contributed by atoms with Crippen LogP contribution in [-0.4, -0.2) is 51.6 Å². The molecule has 2 unspecified atom stereocenters. The Kier molecular flexibility index (Phi) is 20.5. The van der Waals surface area contributed by atoms with Crippen LogP contribution in [0.2, 0.25) is 0 Å². The second-order valence-electron chi connectivity index (χ2n) is 3.24. The van der Waals surface area contributed by atoms with E-state index in [9.17, 15) is 18.2 Å². The standard InChI is InChI=1S/C7H15FIO7P.FHIO4P/c1-11-2-3-12-4-5-13-6-7-14-17(10,15-8)16-9;1-5-7(3,4)6-2/h2-7H2,1H3;(H,3,4). The molecule has 0 aromatic heterocycles. The van der Waals surface area contributed by atoms with E-state index in [-0.39, 0.29) is 13.2 Å². The zero-order chi connectivity index (χ0) is 18.9. The summed E-state index contributed by atoms with van der Waals surface area (Å²) in [6.45, 7) is 1.78. The van der Waals surface area contributed by atoms with Gasteiger partial charge in [-0.3, -0.25) is 4.52 Å². The third-order valence-corrected chi connectivity index (χ3v) is 5.75. The van der Waals surface area contributed by atoms with Crippen molar-refractivity contribution in [1.82, 2.24) is 0 Å². The van der Waals surface area contributed by atoms with E-state index in [1.54, 1.807) is 7.11 Å². The van der Waals surface area contributed by atoms with Gasteiger partial charge in [0, 0.05) is 7.11 Å². The molecule has 0 amide bonds. The van der Waals surface area contributed by atoms with E-state index < -0.39 is 15.6 Å². The molecule has 148 valence electrons. The van der Waals surface area contributed by atoms with E-state index in [0.717, 1.165) is 23.0 Å². The summed E-state index contributed by atoms with van der Waals surface area (Å²) in [4.78, 5) is 7.86. The summed E-state index contributed by atoms with van der Waals surface area (Å²) < 4.78 is 75.7. The summed E-state index contributed by atoms with van der Waals surface area (Å²) in [5.41, 5.74) is 0. The van der Waals surface area contributed by atoms with Gasteiger partial charge in [0.15, 0.2) is 0 Å².